The van der Waals surface area contributed by atoms with Gasteiger partial charge in [0.25, 0.3) is 5.56 Å². The van der Waals surface area contributed by atoms with Gasteiger partial charge in [0.05, 0.1) is 5.69 Å². The van der Waals surface area contributed by atoms with Crippen molar-refractivity contribution in [2.24, 2.45) is 0 Å². The van der Waals surface area contributed by atoms with Gasteiger partial charge in [-0.15, -0.1) is 0 Å². The summed E-state index contributed by atoms with van der Waals surface area (Å²) < 4.78 is 0. The number of nitrogens with one attached hydrogen (secondary N) is 1. The van der Waals surface area contributed by atoms with Crippen molar-refractivity contribution in [1.82, 2.24) is 10.2 Å². The van der Waals surface area contributed by atoms with E-state index in [4.69, 9.17) is 0 Å². The molecule has 0 spiro atoms. The first-order valence-electron chi connectivity index (χ1n) is 9.32. The zero-order valence-electron chi connectivity index (χ0n) is 14.7. The highest BCUT2D eigenvalue weighted by Gasteiger charge is 2.20. The SMILES string of the molecule is O=c1[nH]nc(-c2ccc(N3Cc4ccccc4C3)cc2)c2c1CCCC2. The predicted molar refractivity (Wildman–Crippen MR) is 103 cm³/mol. The van der Waals surface area contributed by atoms with Crippen molar-refractivity contribution in [1.29, 1.82) is 0 Å². The van der Waals surface area contributed by atoms with Gasteiger partial charge in [0, 0.05) is 29.9 Å². The quantitative estimate of drug-likeness (QED) is 0.769. The Kier molecular flexibility index (Phi) is 3.63. The molecule has 1 aliphatic carbocycles. The molecule has 3 aromatic rings. The molecule has 0 amide bonds. The van der Waals surface area contributed by atoms with Crippen LogP contribution in [0.1, 0.15) is 35.1 Å². The summed E-state index contributed by atoms with van der Waals surface area (Å²) in [5, 5.41) is 7.06. The molecule has 0 bridgehead atoms. The average molecular weight is 343 g/mol. The van der Waals surface area contributed by atoms with Gasteiger partial charge in [-0.1, -0.05) is 36.4 Å². The van der Waals surface area contributed by atoms with E-state index >= 15 is 0 Å². The van der Waals surface area contributed by atoms with Crippen LogP contribution in [0, 0.1) is 0 Å². The Morgan fingerprint density at radius 2 is 1.50 bits per heavy atom. The molecule has 0 saturated heterocycles. The maximum atomic E-state index is 12.1. The molecule has 5 rings (SSSR count). The summed E-state index contributed by atoms with van der Waals surface area (Å²) in [4.78, 5) is 14.5. The van der Waals surface area contributed by atoms with Crippen LogP contribution in [0.3, 0.4) is 0 Å². The van der Waals surface area contributed by atoms with Crippen molar-refractivity contribution < 1.29 is 0 Å². The Balaban J connectivity index is 1.46. The molecule has 0 unspecified atom stereocenters. The third-order valence-corrected chi connectivity index (χ3v) is 5.64. The highest BCUT2D eigenvalue weighted by molar-refractivity contribution is 5.67. The van der Waals surface area contributed by atoms with E-state index in [-0.39, 0.29) is 5.56 Å². The van der Waals surface area contributed by atoms with Crippen molar-refractivity contribution in [3.8, 4) is 11.3 Å². The maximum Gasteiger partial charge on any atom is 0.267 e. The van der Waals surface area contributed by atoms with Crippen LogP contribution in [-0.4, -0.2) is 10.2 Å². The largest absolute Gasteiger partial charge is 0.363 e. The molecule has 2 heterocycles. The van der Waals surface area contributed by atoms with Gasteiger partial charge in [-0.2, -0.15) is 5.10 Å². The summed E-state index contributed by atoms with van der Waals surface area (Å²) in [5.41, 5.74) is 8.12. The van der Waals surface area contributed by atoms with Crippen molar-refractivity contribution in [3.05, 3.63) is 81.1 Å². The van der Waals surface area contributed by atoms with Crippen LogP contribution in [0.2, 0.25) is 0 Å². The number of rotatable bonds is 2. The first-order valence-corrected chi connectivity index (χ1v) is 9.32. The first-order chi connectivity index (χ1) is 12.8. The molecule has 1 N–H and O–H groups in total. The zero-order valence-corrected chi connectivity index (χ0v) is 14.7. The van der Waals surface area contributed by atoms with Crippen LogP contribution in [0.15, 0.2) is 53.3 Å². The second-order valence-electron chi connectivity index (χ2n) is 7.24. The van der Waals surface area contributed by atoms with Gasteiger partial charge in [0.2, 0.25) is 0 Å². The van der Waals surface area contributed by atoms with Gasteiger partial charge in [0.15, 0.2) is 0 Å². The van der Waals surface area contributed by atoms with Crippen LogP contribution in [0.25, 0.3) is 11.3 Å². The third kappa shape index (κ3) is 2.53. The summed E-state index contributed by atoms with van der Waals surface area (Å²) in [6, 6.07) is 17.2. The highest BCUT2D eigenvalue weighted by Crippen LogP contribution is 2.31. The molecule has 0 saturated carbocycles. The number of H-pyrrole nitrogens is 1. The van der Waals surface area contributed by atoms with Crippen LogP contribution in [0.5, 0.6) is 0 Å². The van der Waals surface area contributed by atoms with E-state index in [2.05, 4.69) is 63.6 Å². The van der Waals surface area contributed by atoms with Crippen LogP contribution >= 0.6 is 0 Å². The lowest BCUT2D eigenvalue weighted by molar-refractivity contribution is 0.669. The van der Waals surface area contributed by atoms with Crippen molar-refractivity contribution in [2.75, 3.05) is 4.90 Å². The molecular formula is C22H21N3O. The number of hydrogen-bond donors (Lipinski definition) is 1. The van der Waals surface area contributed by atoms with E-state index in [1.54, 1.807) is 0 Å². The van der Waals surface area contributed by atoms with E-state index in [9.17, 15) is 4.79 Å². The van der Waals surface area contributed by atoms with Crippen LogP contribution < -0.4 is 10.5 Å². The summed E-state index contributed by atoms with van der Waals surface area (Å²) in [5.74, 6) is 0. The molecular weight excluding hydrogens is 322 g/mol. The minimum absolute atomic E-state index is 0.0186. The number of anilines is 1. The van der Waals surface area contributed by atoms with Crippen LogP contribution in [0.4, 0.5) is 5.69 Å². The number of aromatic nitrogens is 2. The molecule has 0 radical (unpaired) electrons. The standard InChI is InChI=1S/C22H21N3O/c26-22-20-8-4-3-7-19(20)21(23-24-22)15-9-11-18(12-10-15)25-13-16-5-1-2-6-17(16)14-25/h1-2,5-6,9-12H,3-4,7-8,13-14H2,(H,24,26). The minimum atomic E-state index is -0.0186. The fourth-order valence-electron chi connectivity index (χ4n) is 4.24. The smallest absolute Gasteiger partial charge is 0.267 e. The highest BCUT2D eigenvalue weighted by atomic mass is 16.1. The number of aromatic amines is 1. The molecule has 26 heavy (non-hydrogen) atoms. The summed E-state index contributed by atoms with van der Waals surface area (Å²) in [6.07, 6.45) is 4.04. The number of hydrogen-bond acceptors (Lipinski definition) is 3. The molecule has 4 heteroatoms. The molecule has 4 nitrogen and oxygen atoms in total. The molecule has 2 aromatic carbocycles. The molecule has 130 valence electrons. The fraction of sp³-hybridized carbons (Fsp3) is 0.273. The Labute approximate surface area is 152 Å². The third-order valence-electron chi connectivity index (χ3n) is 5.64. The van der Waals surface area contributed by atoms with Crippen molar-refractivity contribution in [2.45, 2.75) is 38.8 Å². The monoisotopic (exact) mass is 343 g/mol. The van der Waals surface area contributed by atoms with Gasteiger partial charge in [-0.3, -0.25) is 4.79 Å². The Morgan fingerprint density at radius 1 is 0.846 bits per heavy atom. The topological polar surface area (TPSA) is 49.0 Å². The molecule has 0 atom stereocenters. The molecule has 1 aliphatic heterocycles. The van der Waals surface area contributed by atoms with E-state index in [1.165, 1.54) is 16.8 Å². The lowest BCUT2D eigenvalue weighted by Gasteiger charge is -2.19. The minimum Gasteiger partial charge on any atom is -0.363 e. The second kappa shape index (κ2) is 6.13. The summed E-state index contributed by atoms with van der Waals surface area (Å²) >= 11 is 0. The van der Waals surface area contributed by atoms with E-state index in [0.29, 0.717) is 0 Å². The molecule has 1 aromatic heterocycles. The molecule has 0 fully saturated rings. The second-order valence-corrected chi connectivity index (χ2v) is 7.24. The van der Waals surface area contributed by atoms with Gasteiger partial charge < -0.3 is 4.90 Å². The van der Waals surface area contributed by atoms with Gasteiger partial charge in [0.1, 0.15) is 0 Å². The average Bonchev–Trinajstić information content (AvgIpc) is 3.13. The lowest BCUT2D eigenvalue weighted by Crippen LogP contribution is -2.21. The first kappa shape index (κ1) is 15.4. The maximum absolute atomic E-state index is 12.1. The Bertz CT molecular complexity index is 995. The van der Waals surface area contributed by atoms with E-state index in [0.717, 1.165) is 61.2 Å². The number of nitrogens with zero attached hydrogens (tertiary/aromatic N) is 2. The summed E-state index contributed by atoms with van der Waals surface area (Å²) in [7, 11) is 0. The number of fused-ring (bicyclic) bond motifs is 2. The van der Waals surface area contributed by atoms with E-state index < -0.39 is 0 Å². The summed E-state index contributed by atoms with van der Waals surface area (Å²) in [6.45, 7) is 1.92. The normalized spacial score (nSPS) is 15.6. The van der Waals surface area contributed by atoms with E-state index in [1.807, 2.05) is 0 Å². The number of benzene rings is 2. The Morgan fingerprint density at radius 3 is 2.19 bits per heavy atom. The lowest BCUT2D eigenvalue weighted by atomic mass is 9.90. The van der Waals surface area contributed by atoms with Crippen molar-refractivity contribution in [3.63, 3.8) is 0 Å². The Hall–Kier alpha value is -2.88. The van der Waals surface area contributed by atoms with Crippen LogP contribution in [-0.2, 0) is 25.9 Å². The van der Waals surface area contributed by atoms with Gasteiger partial charge in [-0.25, -0.2) is 5.10 Å². The fourth-order valence-corrected chi connectivity index (χ4v) is 4.24. The predicted octanol–water partition coefficient (Wildman–Crippen LogP) is 3.84. The van der Waals surface area contributed by atoms with Gasteiger partial charge in [-0.05, 0) is 54.5 Å². The van der Waals surface area contributed by atoms with Gasteiger partial charge >= 0.3 is 0 Å². The van der Waals surface area contributed by atoms with Crippen molar-refractivity contribution >= 4 is 5.69 Å². The molecule has 2 aliphatic rings. The zero-order chi connectivity index (χ0) is 17.5.